The molecular weight excluding hydrogens is 353 g/mol. The maximum atomic E-state index is 13.7. The number of rotatable bonds is 6. The van der Waals surface area contributed by atoms with Crippen LogP contribution < -0.4 is 4.74 Å². The molecule has 150 valence electrons. The summed E-state index contributed by atoms with van der Waals surface area (Å²) < 4.78 is 19.8. The van der Waals surface area contributed by atoms with Crippen LogP contribution >= 0.6 is 0 Å². The van der Waals surface area contributed by atoms with Crippen molar-refractivity contribution in [3.05, 3.63) is 64.5 Å². The van der Waals surface area contributed by atoms with E-state index >= 15 is 0 Å². The molecule has 1 aliphatic heterocycles. The van der Waals surface area contributed by atoms with Gasteiger partial charge in [-0.3, -0.25) is 9.69 Å². The van der Waals surface area contributed by atoms with Crippen LogP contribution in [0.3, 0.4) is 0 Å². The van der Waals surface area contributed by atoms with Crippen molar-refractivity contribution in [1.82, 2.24) is 4.90 Å². The van der Waals surface area contributed by atoms with Gasteiger partial charge >= 0.3 is 0 Å². The van der Waals surface area contributed by atoms with Crippen LogP contribution in [0.25, 0.3) is 0 Å². The number of aryl methyl sites for hydroxylation is 2. The van der Waals surface area contributed by atoms with Crippen molar-refractivity contribution < 1.29 is 13.9 Å². The van der Waals surface area contributed by atoms with E-state index in [1.165, 1.54) is 28.8 Å². The Labute approximate surface area is 167 Å². The molecule has 1 heterocycles. The molecule has 0 atom stereocenters. The number of halogens is 1. The highest BCUT2D eigenvalue weighted by molar-refractivity contribution is 5.78. The summed E-state index contributed by atoms with van der Waals surface area (Å²) in [6, 6.07) is 11.3. The van der Waals surface area contributed by atoms with Crippen LogP contribution in [-0.4, -0.2) is 22.8 Å². The number of carbonyl (C=O) groups excluding carboxylic acids is 1. The Hall–Kier alpha value is -2.20. The molecule has 0 amide bonds. The molecule has 0 radical (unpaired) electrons. The number of Topliss-reactive ketones (excluding diaryl/α,β-unsaturated/α-hetero) is 1. The van der Waals surface area contributed by atoms with Crippen LogP contribution in [0, 0.1) is 12.7 Å². The van der Waals surface area contributed by atoms with Gasteiger partial charge in [-0.05, 0) is 49.9 Å². The Morgan fingerprint density at radius 3 is 2.75 bits per heavy atom. The van der Waals surface area contributed by atoms with E-state index in [0.29, 0.717) is 24.4 Å². The second-order valence-electron chi connectivity index (χ2n) is 8.41. The zero-order valence-electron chi connectivity index (χ0n) is 17.3. The molecule has 2 aromatic rings. The van der Waals surface area contributed by atoms with Crippen LogP contribution in [0.4, 0.5) is 4.39 Å². The van der Waals surface area contributed by atoms with Crippen molar-refractivity contribution in [2.24, 2.45) is 0 Å². The first-order valence-electron chi connectivity index (χ1n) is 10.1. The highest BCUT2D eigenvalue weighted by Crippen LogP contribution is 2.31. The molecule has 3 rings (SSSR count). The first kappa shape index (κ1) is 20.5. The van der Waals surface area contributed by atoms with Gasteiger partial charge in [0.2, 0.25) is 0 Å². The maximum Gasteiger partial charge on any atom is 0.132 e. The Bertz CT molecular complexity index is 860. The average Bonchev–Trinajstić information content (AvgIpc) is 2.75. The second kappa shape index (κ2) is 8.44. The van der Waals surface area contributed by atoms with Crippen LogP contribution in [0.1, 0.15) is 55.9 Å². The zero-order valence-corrected chi connectivity index (χ0v) is 17.3. The topological polar surface area (TPSA) is 29.5 Å². The fourth-order valence-electron chi connectivity index (χ4n) is 3.78. The number of nitrogens with zero attached hydrogens (tertiary/aromatic N) is 1. The summed E-state index contributed by atoms with van der Waals surface area (Å²) in [5.74, 6) is 0.668. The quantitative estimate of drug-likeness (QED) is 0.685. The Balaban J connectivity index is 1.80. The summed E-state index contributed by atoms with van der Waals surface area (Å²) >= 11 is 0. The van der Waals surface area contributed by atoms with Gasteiger partial charge in [0.15, 0.2) is 0 Å². The van der Waals surface area contributed by atoms with Gasteiger partial charge in [-0.15, -0.1) is 0 Å². The summed E-state index contributed by atoms with van der Waals surface area (Å²) in [4.78, 5) is 14.0. The van der Waals surface area contributed by atoms with Crippen molar-refractivity contribution in [2.45, 2.75) is 65.6 Å². The maximum absolute atomic E-state index is 13.7. The van der Waals surface area contributed by atoms with Gasteiger partial charge in [0, 0.05) is 44.1 Å². The monoisotopic (exact) mass is 383 g/mol. The molecule has 0 spiro atoms. The normalized spacial score (nSPS) is 16.2. The summed E-state index contributed by atoms with van der Waals surface area (Å²) in [5, 5.41) is 0. The van der Waals surface area contributed by atoms with E-state index in [4.69, 9.17) is 4.74 Å². The predicted octanol–water partition coefficient (Wildman–Crippen LogP) is 5.22. The molecule has 3 nitrogen and oxygen atoms in total. The van der Waals surface area contributed by atoms with E-state index < -0.39 is 5.60 Å². The SMILES string of the molecule is CCC(=O)CCc1ccc(C)c(CN2Cc3ccc(F)cc3OC(C)(C)C2)c1. The molecule has 28 heavy (non-hydrogen) atoms. The highest BCUT2D eigenvalue weighted by Gasteiger charge is 2.29. The fraction of sp³-hybridized carbons (Fsp3) is 0.458. The molecule has 0 saturated heterocycles. The van der Waals surface area contributed by atoms with Crippen LogP contribution in [0.2, 0.25) is 0 Å². The lowest BCUT2D eigenvalue weighted by molar-refractivity contribution is -0.118. The molecule has 0 aromatic heterocycles. The second-order valence-corrected chi connectivity index (χ2v) is 8.41. The van der Waals surface area contributed by atoms with E-state index in [1.54, 1.807) is 0 Å². The smallest absolute Gasteiger partial charge is 0.132 e. The number of carbonyl (C=O) groups is 1. The number of benzene rings is 2. The van der Waals surface area contributed by atoms with Gasteiger partial charge in [-0.1, -0.05) is 31.2 Å². The molecule has 0 unspecified atom stereocenters. The third-order valence-corrected chi connectivity index (χ3v) is 5.31. The number of ketones is 1. The number of hydrogen-bond acceptors (Lipinski definition) is 3. The molecule has 1 aliphatic rings. The van der Waals surface area contributed by atoms with Gasteiger partial charge in [0.1, 0.15) is 23.0 Å². The summed E-state index contributed by atoms with van der Waals surface area (Å²) in [5.41, 5.74) is 4.32. The van der Waals surface area contributed by atoms with Crippen LogP contribution in [0.5, 0.6) is 5.75 Å². The van der Waals surface area contributed by atoms with Crippen molar-refractivity contribution in [2.75, 3.05) is 6.54 Å². The lowest BCUT2D eigenvalue weighted by Gasteiger charge is -2.30. The number of ether oxygens (including phenoxy) is 1. The molecule has 0 N–H and O–H groups in total. The molecule has 0 saturated carbocycles. The molecule has 0 bridgehead atoms. The minimum absolute atomic E-state index is 0.270. The van der Waals surface area contributed by atoms with Gasteiger partial charge < -0.3 is 4.74 Å². The minimum atomic E-state index is -0.405. The third kappa shape index (κ3) is 5.20. The minimum Gasteiger partial charge on any atom is -0.486 e. The molecular formula is C24H30FNO2. The fourth-order valence-corrected chi connectivity index (χ4v) is 3.78. The van der Waals surface area contributed by atoms with E-state index in [1.807, 2.05) is 26.8 Å². The zero-order chi connectivity index (χ0) is 20.3. The molecule has 4 heteroatoms. The highest BCUT2D eigenvalue weighted by atomic mass is 19.1. The van der Waals surface area contributed by atoms with Gasteiger partial charge in [0.25, 0.3) is 0 Å². The van der Waals surface area contributed by atoms with E-state index in [9.17, 15) is 9.18 Å². The average molecular weight is 384 g/mol. The van der Waals surface area contributed by atoms with Crippen molar-refractivity contribution in [3.8, 4) is 5.75 Å². The van der Waals surface area contributed by atoms with Gasteiger partial charge in [-0.25, -0.2) is 4.39 Å². The molecule has 2 aromatic carbocycles. The standard InChI is InChI=1S/C24H30FNO2/c1-5-22(27)11-8-18-7-6-17(2)20(12-18)15-26-14-19-9-10-21(25)13-23(19)28-24(3,4)16-26/h6-7,9-10,12-13H,5,8,11,14-16H2,1-4H3. The van der Waals surface area contributed by atoms with Crippen LogP contribution in [0.15, 0.2) is 36.4 Å². The third-order valence-electron chi connectivity index (χ3n) is 5.31. The van der Waals surface area contributed by atoms with E-state index in [-0.39, 0.29) is 5.82 Å². The Morgan fingerprint density at radius 1 is 1.21 bits per heavy atom. The summed E-state index contributed by atoms with van der Waals surface area (Å²) in [6.07, 6.45) is 1.99. The van der Waals surface area contributed by atoms with E-state index in [2.05, 4.69) is 30.0 Å². The summed E-state index contributed by atoms with van der Waals surface area (Å²) in [6.45, 7) is 10.4. The molecule has 0 fully saturated rings. The predicted molar refractivity (Wildman–Crippen MR) is 110 cm³/mol. The summed E-state index contributed by atoms with van der Waals surface area (Å²) in [7, 11) is 0. The largest absolute Gasteiger partial charge is 0.486 e. The number of hydrogen-bond donors (Lipinski definition) is 0. The van der Waals surface area contributed by atoms with Gasteiger partial charge in [-0.2, -0.15) is 0 Å². The lowest BCUT2D eigenvalue weighted by Crippen LogP contribution is -2.40. The van der Waals surface area contributed by atoms with Crippen molar-refractivity contribution >= 4 is 5.78 Å². The van der Waals surface area contributed by atoms with Crippen molar-refractivity contribution in [3.63, 3.8) is 0 Å². The first-order chi connectivity index (χ1) is 13.3. The number of fused-ring (bicyclic) bond motifs is 1. The molecule has 0 aliphatic carbocycles. The lowest BCUT2D eigenvalue weighted by atomic mass is 9.99. The van der Waals surface area contributed by atoms with Gasteiger partial charge in [0.05, 0.1) is 0 Å². The van der Waals surface area contributed by atoms with Crippen molar-refractivity contribution in [1.29, 1.82) is 0 Å². The van der Waals surface area contributed by atoms with E-state index in [0.717, 1.165) is 31.6 Å². The Kier molecular flexibility index (Phi) is 6.19. The first-order valence-corrected chi connectivity index (χ1v) is 10.1. The van der Waals surface area contributed by atoms with Crippen LogP contribution in [-0.2, 0) is 24.3 Å². The Morgan fingerprint density at radius 2 is 2.00 bits per heavy atom.